The van der Waals surface area contributed by atoms with Crippen molar-refractivity contribution in [3.8, 4) is 0 Å². The zero-order valence-electron chi connectivity index (χ0n) is 11.9. The van der Waals surface area contributed by atoms with Crippen LogP contribution in [0.1, 0.15) is 38.5 Å². The van der Waals surface area contributed by atoms with Gasteiger partial charge in [-0.05, 0) is 64.8 Å². The van der Waals surface area contributed by atoms with Crippen molar-refractivity contribution in [2.24, 2.45) is 5.73 Å². The molecule has 19 heavy (non-hydrogen) atoms. The summed E-state index contributed by atoms with van der Waals surface area (Å²) in [5, 5.41) is 17.5. The molecule has 6 N–H and O–H groups in total. The Hall–Kier alpha value is -0.850. The van der Waals surface area contributed by atoms with Gasteiger partial charge in [-0.15, -0.1) is 0 Å². The number of rotatable bonds is 14. The molecule has 0 bridgehead atoms. The Morgan fingerprint density at radius 3 is 1.89 bits per heavy atom. The summed E-state index contributed by atoms with van der Waals surface area (Å²) in [5.74, 6) is 0. The second-order valence-electron chi connectivity index (χ2n) is 4.64. The van der Waals surface area contributed by atoms with Gasteiger partial charge in [-0.3, -0.25) is 0 Å². The molecule has 0 aromatic carbocycles. The highest BCUT2D eigenvalue weighted by Crippen LogP contribution is 1.92. The summed E-state index contributed by atoms with van der Waals surface area (Å²) in [6.45, 7) is 5.51. The zero-order valence-corrected chi connectivity index (χ0v) is 11.9. The summed E-state index contributed by atoms with van der Waals surface area (Å²) < 4.78 is 0. The molecule has 0 heterocycles. The van der Waals surface area contributed by atoms with Crippen LogP contribution in [0.15, 0.2) is 0 Å². The van der Waals surface area contributed by atoms with Crippen molar-refractivity contribution in [2.75, 3.05) is 39.3 Å². The van der Waals surface area contributed by atoms with E-state index in [1.54, 1.807) is 0 Å². The average Bonchev–Trinajstić information content (AvgIpc) is 2.39. The van der Waals surface area contributed by atoms with Gasteiger partial charge in [-0.25, -0.2) is 4.79 Å². The third-order valence-corrected chi connectivity index (χ3v) is 2.82. The lowest BCUT2D eigenvalue weighted by Crippen LogP contribution is -2.24. The molecule has 0 aliphatic heterocycles. The van der Waals surface area contributed by atoms with Crippen molar-refractivity contribution in [1.82, 2.24) is 16.0 Å². The van der Waals surface area contributed by atoms with Crippen molar-refractivity contribution in [3.05, 3.63) is 0 Å². The molecule has 0 rings (SSSR count). The minimum atomic E-state index is -0.933. The summed E-state index contributed by atoms with van der Waals surface area (Å²) >= 11 is 0. The summed E-state index contributed by atoms with van der Waals surface area (Å²) in [7, 11) is 0. The first kappa shape index (κ1) is 18.1. The fourth-order valence-corrected chi connectivity index (χ4v) is 1.73. The second-order valence-corrected chi connectivity index (χ2v) is 4.64. The highest BCUT2D eigenvalue weighted by atomic mass is 16.4. The van der Waals surface area contributed by atoms with Gasteiger partial charge in [0, 0.05) is 6.54 Å². The number of hydrogen-bond acceptors (Lipinski definition) is 4. The third-order valence-electron chi connectivity index (χ3n) is 2.82. The fourth-order valence-electron chi connectivity index (χ4n) is 1.73. The smallest absolute Gasteiger partial charge is 0.404 e. The van der Waals surface area contributed by atoms with Gasteiger partial charge < -0.3 is 26.8 Å². The highest BCUT2D eigenvalue weighted by molar-refractivity contribution is 5.64. The molecule has 0 aliphatic carbocycles. The molecule has 0 saturated carbocycles. The SMILES string of the molecule is NCCCCNCCCNCCCCCNC(=O)O. The predicted octanol–water partition coefficient (Wildman–Crippen LogP) is 0.733. The molecule has 6 heteroatoms. The number of nitrogens with two attached hydrogens (primary N) is 1. The van der Waals surface area contributed by atoms with Gasteiger partial charge in [-0.1, -0.05) is 6.42 Å². The van der Waals surface area contributed by atoms with Crippen molar-refractivity contribution in [2.45, 2.75) is 38.5 Å². The van der Waals surface area contributed by atoms with Crippen molar-refractivity contribution in [3.63, 3.8) is 0 Å². The van der Waals surface area contributed by atoms with E-state index < -0.39 is 6.09 Å². The van der Waals surface area contributed by atoms with Crippen LogP contribution in [0.3, 0.4) is 0 Å². The largest absolute Gasteiger partial charge is 0.465 e. The van der Waals surface area contributed by atoms with E-state index in [2.05, 4.69) is 16.0 Å². The molecule has 0 aromatic rings. The van der Waals surface area contributed by atoms with Crippen molar-refractivity contribution < 1.29 is 9.90 Å². The molecule has 0 aliphatic rings. The minimum Gasteiger partial charge on any atom is -0.465 e. The van der Waals surface area contributed by atoms with Gasteiger partial charge in [0.15, 0.2) is 0 Å². The standard InChI is InChI=1S/C13H30N4O2/c14-7-2-5-9-16-11-6-10-15-8-3-1-4-12-17-13(18)19/h15-17H,1-12,14H2,(H,18,19). The Morgan fingerprint density at radius 1 is 0.789 bits per heavy atom. The molecule has 0 spiro atoms. The Labute approximate surface area is 116 Å². The molecule has 0 saturated heterocycles. The average molecular weight is 274 g/mol. The Balaban J connectivity index is 2.93. The van der Waals surface area contributed by atoms with Gasteiger partial charge >= 0.3 is 6.09 Å². The molecule has 0 unspecified atom stereocenters. The first-order valence-electron chi connectivity index (χ1n) is 7.35. The van der Waals surface area contributed by atoms with Gasteiger partial charge in [0.2, 0.25) is 0 Å². The van der Waals surface area contributed by atoms with Gasteiger partial charge in [0.25, 0.3) is 0 Å². The maximum absolute atomic E-state index is 10.2. The molecular formula is C13H30N4O2. The lowest BCUT2D eigenvalue weighted by atomic mass is 10.2. The molecule has 0 aromatic heterocycles. The van der Waals surface area contributed by atoms with Crippen molar-refractivity contribution in [1.29, 1.82) is 0 Å². The number of carbonyl (C=O) groups is 1. The van der Waals surface area contributed by atoms with E-state index in [4.69, 9.17) is 10.8 Å². The second kappa shape index (κ2) is 15.2. The minimum absolute atomic E-state index is 0.558. The lowest BCUT2D eigenvalue weighted by molar-refractivity contribution is 0.194. The van der Waals surface area contributed by atoms with Crippen molar-refractivity contribution >= 4 is 6.09 Å². The number of hydrogen-bond donors (Lipinski definition) is 5. The molecule has 114 valence electrons. The van der Waals surface area contributed by atoms with E-state index in [-0.39, 0.29) is 0 Å². The summed E-state index contributed by atoms with van der Waals surface area (Å²) in [6.07, 6.45) is 5.54. The van der Waals surface area contributed by atoms with E-state index in [1.807, 2.05) is 0 Å². The maximum Gasteiger partial charge on any atom is 0.404 e. The van der Waals surface area contributed by atoms with Crippen LogP contribution in [-0.4, -0.2) is 50.5 Å². The van der Waals surface area contributed by atoms with E-state index in [0.29, 0.717) is 6.54 Å². The fraction of sp³-hybridized carbons (Fsp3) is 0.923. The van der Waals surface area contributed by atoms with Gasteiger partial charge in [-0.2, -0.15) is 0 Å². The van der Waals surface area contributed by atoms with Crippen LogP contribution >= 0.6 is 0 Å². The van der Waals surface area contributed by atoms with Crippen LogP contribution < -0.4 is 21.7 Å². The molecule has 0 fully saturated rings. The van der Waals surface area contributed by atoms with Gasteiger partial charge in [0.1, 0.15) is 0 Å². The molecular weight excluding hydrogens is 244 g/mol. The molecule has 0 radical (unpaired) electrons. The van der Waals surface area contributed by atoms with E-state index >= 15 is 0 Å². The number of amides is 1. The number of nitrogens with one attached hydrogen (secondary N) is 3. The van der Waals surface area contributed by atoms with Crippen LogP contribution in [0.2, 0.25) is 0 Å². The van der Waals surface area contributed by atoms with Gasteiger partial charge in [0.05, 0.1) is 0 Å². The predicted molar refractivity (Wildman–Crippen MR) is 78.5 cm³/mol. The topological polar surface area (TPSA) is 99.4 Å². The maximum atomic E-state index is 10.2. The molecule has 1 amide bonds. The highest BCUT2D eigenvalue weighted by Gasteiger charge is 1.94. The monoisotopic (exact) mass is 274 g/mol. The van der Waals surface area contributed by atoms with Crippen LogP contribution in [-0.2, 0) is 0 Å². The zero-order chi connectivity index (χ0) is 14.2. The van der Waals surface area contributed by atoms with Crippen LogP contribution in [0.5, 0.6) is 0 Å². The van der Waals surface area contributed by atoms with E-state index in [9.17, 15) is 4.79 Å². The first-order valence-corrected chi connectivity index (χ1v) is 7.35. The first-order chi connectivity index (χ1) is 9.27. The number of unbranched alkanes of at least 4 members (excludes halogenated alkanes) is 3. The summed E-state index contributed by atoms with van der Waals surface area (Å²) in [4.78, 5) is 10.2. The summed E-state index contributed by atoms with van der Waals surface area (Å²) in [6, 6.07) is 0. The third kappa shape index (κ3) is 17.1. The van der Waals surface area contributed by atoms with E-state index in [0.717, 1.165) is 71.2 Å². The van der Waals surface area contributed by atoms with Crippen LogP contribution in [0, 0.1) is 0 Å². The number of carboxylic acid groups (broad SMARTS) is 1. The normalized spacial score (nSPS) is 10.6. The molecule has 6 nitrogen and oxygen atoms in total. The Kier molecular flexibility index (Phi) is 14.5. The summed E-state index contributed by atoms with van der Waals surface area (Å²) in [5.41, 5.74) is 5.41. The Morgan fingerprint density at radius 2 is 1.32 bits per heavy atom. The van der Waals surface area contributed by atoms with Crippen LogP contribution in [0.25, 0.3) is 0 Å². The lowest BCUT2D eigenvalue weighted by Gasteiger charge is -2.06. The Bertz CT molecular complexity index is 203. The quantitative estimate of drug-likeness (QED) is 0.301. The van der Waals surface area contributed by atoms with E-state index in [1.165, 1.54) is 0 Å². The molecule has 0 atom stereocenters. The van der Waals surface area contributed by atoms with Crippen LogP contribution in [0.4, 0.5) is 4.79 Å².